The van der Waals surface area contributed by atoms with Crippen LogP contribution < -0.4 is 4.74 Å². The summed E-state index contributed by atoms with van der Waals surface area (Å²) in [5.41, 5.74) is 1.62. The minimum absolute atomic E-state index is 0.0148. The fraction of sp³-hybridized carbons (Fsp3) is 0.406. The zero-order chi connectivity index (χ0) is 25.8. The first kappa shape index (κ1) is 29.0. The Hall–Kier alpha value is -3.27. The van der Waals surface area contributed by atoms with Gasteiger partial charge in [-0.2, -0.15) is 0 Å². The molecule has 2 aromatic carbocycles. The molecule has 0 spiro atoms. The maximum atomic E-state index is 12.1. The first-order valence-corrected chi connectivity index (χ1v) is 13.4. The van der Waals surface area contributed by atoms with Crippen molar-refractivity contribution in [2.75, 3.05) is 0 Å². The number of aromatic hydroxyl groups is 2. The number of carbonyl (C=O) groups is 1. The van der Waals surface area contributed by atoms with Gasteiger partial charge < -0.3 is 14.9 Å². The van der Waals surface area contributed by atoms with Crippen LogP contribution >= 0.6 is 0 Å². The number of carbonyl (C=O) groups excluding carboxylic acids is 1. The van der Waals surface area contributed by atoms with Crippen LogP contribution in [-0.2, 0) is 4.79 Å². The third kappa shape index (κ3) is 13.6. The van der Waals surface area contributed by atoms with Crippen molar-refractivity contribution in [3.63, 3.8) is 0 Å². The van der Waals surface area contributed by atoms with E-state index in [9.17, 15) is 15.0 Å². The number of hydrogen-bond donors (Lipinski definition) is 2. The lowest BCUT2D eigenvalue weighted by Gasteiger charge is -2.05. The normalized spacial score (nSPS) is 11.7. The summed E-state index contributed by atoms with van der Waals surface area (Å²) in [5, 5.41) is 19.1. The van der Waals surface area contributed by atoms with Gasteiger partial charge in [-0.05, 0) is 73.9 Å². The predicted molar refractivity (Wildman–Crippen MR) is 150 cm³/mol. The molecular weight excluding hydrogens is 448 g/mol. The Bertz CT molecular complexity index is 950. The molecule has 0 aliphatic carbocycles. The third-order valence-corrected chi connectivity index (χ3v) is 5.84. The molecule has 0 aliphatic heterocycles. The monoisotopic (exact) mass is 490 g/mol. The summed E-state index contributed by atoms with van der Waals surface area (Å²) in [5.74, 6) is 0.371. The lowest BCUT2D eigenvalue weighted by molar-refractivity contribution is -0.134. The Morgan fingerprint density at radius 3 is 1.97 bits per heavy atom. The lowest BCUT2D eigenvalue weighted by atomic mass is 10.1. The van der Waals surface area contributed by atoms with Crippen molar-refractivity contribution in [3.05, 3.63) is 77.9 Å². The van der Waals surface area contributed by atoms with Gasteiger partial charge in [0, 0.05) is 12.5 Å². The molecule has 4 heteroatoms. The van der Waals surface area contributed by atoms with E-state index in [2.05, 4.69) is 31.2 Å². The van der Waals surface area contributed by atoms with Gasteiger partial charge in [0.25, 0.3) is 0 Å². The average molecular weight is 491 g/mol. The molecule has 0 unspecified atom stereocenters. The van der Waals surface area contributed by atoms with Crippen molar-refractivity contribution in [3.8, 4) is 17.2 Å². The van der Waals surface area contributed by atoms with E-state index in [0.29, 0.717) is 17.7 Å². The standard InChI is InChI=1S/C32H42O4/c1-2-3-4-5-6-7-8-9-10-11-12-13-14-15-16-17-32(35)36-31-22-20-27(21-23-31)18-19-28-24-29(33)26-30(34)25-28/h6-7,9-10,18-26,33-34H,2-5,8,11-17H2,1H3/b7-6?,10-9?,19-18+. The Balaban J connectivity index is 1.52. The smallest absolute Gasteiger partial charge is 0.311 e. The van der Waals surface area contributed by atoms with Gasteiger partial charge in [0.15, 0.2) is 0 Å². The highest BCUT2D eigenvalue weighted by Crippen LogP contribution is 2.22. The van der Waals surface area contributed by atoms with Gasteiger partial charge in [-0.1, -0.05) is 87.6 Å². The van der Waals surface area contributed by atoms with E-state index in [1.807, 2.05) is 18.2 Å². The lowest BCUT2D eigenvalue weighted by Crippen LogP contribution is -2.07. The molecule has 0 saturated carbocycles. The number of esters is 1. The van der Waals surface area contributed by atoms with E-state index in [4.69, 9.17) is 4.74 Å². The largest absolute Gasteiger partial charge is 0.508 e. The van der Waals surface area contributed by atoms with E-state index in [1.54, 1.807) is 30.3 Å². The second kappa shape index (κ2) is 18.1. The number of rotatable bonds is 17. The predicted octanol–water partition coefficient (Wildman–Crippen LogP) is 8.99. The molecule has 2 rings (SSSR count). The van der Waals surface area contributed by atoms with E-state index >= 15 is 0 Å². The zero-order valence-electron chi connectivity index (χ0n) is 21.7. The summed E-state index contributed by atoms with van der Waals surface area (Å²) < 4.78 is 5.44. The van der Waals surface area contributed by atoms with Gasteiger partial charge in [0.05, 0.1) is 0 Å². The molecule has 4 nitrogen and oxygen atoms in total. The molecule has 0 saturated heterocycles. The van der Waals surface area contributed by atoms with Gasteiger partial charge in [0.2, 0.25) is 0 Å². The number of phenols is 2. The molecule has 0 radical (unpaired) electrons. The number of ether oxygens (including phenoxy) is 1. The molecule has 0 amide bonds. The number of hydrogen-bond acceptors (Lipinski definition) is 4. The van der Waals surface area contributed by atoms with Crippen molar-refractivity contribution in [1.82, 2.24) is 0 Å². The molecule has 2 aromatic rings. The minimum atomic E-state index is -0.195. The van der Waals surface area contributed by atoms with Crippen LogP contribution in [0.3, 0.4) is 0 Å². The second-order valence-electron chi connectivity index (χ2n) is 9.14. The molecule has 0 heterocycles. The van der Waals surface area contributed by atoms with Crippen LogP contribution in [0.2, 0.25) is 0 Å². The second-order valence-corrected chi connectivity index (χ2v) is 9.14. The van der Waals surface area contributed by atoms with E-state index in [1.165, 1.54) is 44.6 Å². The van der Waals surface area contributed by atoms with Crippen molar-refractivity contribution in [1.29, 1.82) is 0 Å². The van der Waals surface area contributed by atoms with Crippen LogP contribution in [0.25, 0.3) is 12.2 Å². The fourth-order valence-corrected chi connectivity index (χ4v) is 3.82. The van der Waals surface area contributed by atoms with Crippen molar-refractivity contribution in [2.24, 2.45) is 0 Å². The molecule has 0 aromatic heterocycles. The summed E-state index contributed by atoms with van der Waals surface area (Å²) >= 11 is 0. The quantitative estimate of drug-likeness (QED) is 0.0763. The van der Waals surface area contributed by atoms with Crippen molar-refractivity contribution >= 4 is 18.1 Å². The van der Waals surface area contributed by atoms with Crippen LogP contribution in [0.5, 0.6) is 17.2 Å². The molecule has 0 fully saturated rings. The summed E-state index contributed by atoms with van der Waals surface area (Å²) in [6.07, 6.45) is 25.9. The maximum absolute atomic E-state index is 12.1. The Morgan fingerprint density at radius 2 is 1.31 bits per heavy atom. The van der Waals surface area contributed by atoms with Crippen LogP contribution in [-0.4, -0.2) is 16.2 Å². The Labute approximate surface area is 217 Å². The fourth-order valence-electron chi connectivity index (χ4n) is 3.82. The molecule has 36 heavy (non-hydrogen) atoms. The Kier molecular flexibility index (Phi) is 14.5. The van der Waals surface area contributed by atoms with Crippen LogP contribution in [0.4, 0.5) is 0 Å². The van der Waals surface area contributed by atoms with E-state index < -0.39 is 0 Å². The highest BCUT2D eigenvalue weighted by Gasteiger charge is 2.04. The topological polar surface area (TPSA) is 66.8 Å². The van der Waals surface area contributed by atoms with Gasteiger partial charge in [0.1, 0.15) is 17.2 Å². The first-order chi connectivity index (χ1) is 17.6. The highest BCUT2D eigenvalue weighted by atomic mass is 16.5. The third-order valence-electron chi connectivity index (χ3n) is 5.84. The molecule has 2 N–H and O–H groups in total. The molecule has 0 aliphatic rings. The van der Waals surface area contributed by atoms with Crippen LogP contribution in [0.15, 0.2) is 66.8 Å². The van der Waals surface area contributed by atoms with Crippen LogP contribution in [0.1, 0.15) is 95.1 Å². The summed E-state index contributed by atoms with van der Waals surface area (Å²) in [7, 11) is 0. The minimum Gasteiger partial charge on any atom is -0.508 e. The average Bonchev–Trinajstić information content (AvgIpc) is 2.85. The summed E-state index contributed by atoms with van der Waals surface area (Å²) in [6, 6.07) is 11.7. The highest BCUT2D eigenvalue weighted by molar-refractivity contribution is 5.73. The van der Waals surface area contributed by atoms with Crippen molar-refractivity contribution in [2.45, 2.75) is 84.0 Å². The van der Waals surface area contributed by atoms with Gasteiger partial charge in [-0.3, -0.25) is 4.79 Å². The molecular formula is C32H42O4. The van der Waals surface area contributed by atoms with Crippen molar-refractivity contribution < 1.29 is 19.7 Å². The summed E-state index contributed by atoms with van der Waals surface area (Å²) in [4.78, 5) is 12.1. The number of allylic oxidation sites excluding steroid dienone is 4. The molecule has 0 atom stereocenters. The van der Waals surface area contributed by atoms with Gasteiger partial charge in [-0.15, -0.1) is 0 Å². The summed E-state index contributed by atoms with van der Waals surface area (Å²) in [6.45, 7) is 2.23. The number of unbranched alkanes of at least 4 members (excludes halogenated alkanes) is 8. The Morgan fingerprint density at radius 1 is 0.722 bits per heavy atom. The van der Waals surface area contributed by atoms with E-state index in [-0.39, 0.29) is 17.5 Å². The van der Waals surface area contributed by atoms with Crippen LogP contribution in [0, 0.1) is 0 Å². The van der Waals surface area contributed by atoms with Gasteiger partial charge in [-0.25, -0.2) is 0 Å². The first-order valence-electron chi connectivity index (χ1n) is 13.4. The molecule has 0 bridgehead atoms. The molecule has 194 valence electrons. The van der Waals surface area contributed by atoms with Gasteiger partial charge >= 0.3 is 5.97 Å². The van der Waals surface area contributed by atoms with E-state index in [0.717, 1.165) is 37.7 Å². The SMILES string of the molecule is CCCCCC=CCC=CCCCCCCCC(=O)Oc1ccc(/C=C/c2cc(O)cc(O)c2)cc1. The maximum Gasteiger partial charge on any atom is 0.311 e. The number of benzene rings is 2. The number of phenolic OH excluding ortho intramolecular Hbond substituents is 2. The zero-order valence-corrected chi connectivity index (χ0v) is 21.7.